The van der Waals surface area contributed by atoms with Crippen molar-refractivity contribution < 1.29 is 4.57 Å². The molecule has 1 aromatic carbocycles. The van der Waals surface area contributed by atoms with Crippen LogP contribution in [0.4, 0.5) is 5.69 Å². The van der Waals surface area contributed by atoms with Crippen molar-refractivity contribution in [1.29, 1.82) is 0 Å². The molecule has 0 aliphatic rings. The average molecular weight is 246 g/mol. The van der Waals surface area contributed by atoms with Crippen LogP contribution in [-0.4, -0.2) is 18.3 Å². The highest BCUT2D eigenvalue weighted by Crippen LogP contribution is 2.39. The van der Waals surface area contributed by atoms with E-state index in [4.69, 9.17) is 5.73 Å². The van der Waals surface area contributed by atoms with Crippen LogP contribution >= 0.6 is 7.14 Å². The maximum absolute atomic E-state index is 12.3. The van der Waals surface area contributed by atoms with Crippen LogP contribution in [0.2, 0.25) is 0 Å². The van der Waals surface area contributed by atoms with Gasteiger partial charge >= 0.3 is 0 Å². The highest BCUT2D eigenvalue weighted by Gasteiger charge is 2.18. The van der Waals surface area contributed by atoms with Gasteiger partial charge in [0.1, 0.15) is 7.14 Å². The highest BCUT2D eigenvalue weighted by molar-refractivity contribution is 7.71. The third-order valence-electron chi connectivity index (χ3n) is 2.64. The molecule has 2 aromatic rings. The summed E-state index contributed by atoms with van der Waals surface area (Å²) in [6.45, 7) is 7.13. The number of hydrogen-bond donors (Lipinski definition) is 1. The summed E-state index contributed by atoms with van der Waals surface area (Å²) in [6.07, 6.45) is 1.69. The van der Waals surface area contributed by atoms with Gasteiger partial charge in [0.2, 0.25) is 0 Å². The third-order valence-corrected chi connectivity index (χ3v) is 4.22. The average Bonchev–Trinajstić information content (AvgIpc) is 2.26. The summed E-state index contributed by atoms with van der Waals surface area (Å²) < 4.78 is 12.3. The van der Waals surface area contributed by atoms with Crippen molar-refractivity contribution in [3.05, 3.63) is 36.5 Å². The van der Waals surface area contributed by atoms with Gasteiger partial charge in [-0.2, -0.15) is 0 Å². The van der Waals surface area contributed by atoms with Gasteiger partial charge in [-0.05, 0) is 43.7 Å². The second kappa shape index (κ2) is 4.01. The third kappa shape index (κ3) is 2.11. The van der Waals surface area contributed by atoms with Gasteiger partial charge in [0.05, 0.1) is 11.2 Å². The fourth-order valence-electron chi connectivity index (χ4n) is 1.94. The van der Waals surface area contributed by atoms with Crippen molar-refractivity contribution in [1.82, 2.24) is 4.98 Å². The van der Waals surface area contributed by atoms with Crippen LogP contribution in [0.5, 0.6) is 0 Å². The molecular weight excluding hydrogens is 231 g/mol. The van der Waals surface area contributed by atoms with Crippen molar-refractivity contribution in [3.63, 3.8) is 0 Å². The molecule has 0 bridgehead atoms. The molecule has 0 amide bonds. The Morgan fingerprint density at radius 1 is 1.29 bits per heavy atom. The van der Waals surface area contributed by atoms with Gasteiger partial charge in [0.15, 0.2) is 0 Å². The maximum atomic E-state index is 12.3. The smallest absolute Gasteiger partial charge is 0.112 e. The standard InChI is InChI=1S/C13H15N2OP/c1-4-9-5-6-10-12(15-9)8-7-11(14)13(10)17(2,3)16/h4-8H,1,14H2,2-3H3. The molecule has 0 saturated carbocycles. The molecular formula is C13H15N2OP. The summed E-state index contributed by atoms with van der Waals surface area (Å²) in [6, 6.07) is 7.37. The minimum absolute atomic E-state index is 0.569. The number of rotatable bonds is 2. The molecule has 1 heterocycles. The molecule has 0 atom stereocenters. The molecule has 4 heteroatoms. The Morgan fingerprint density at radius 2 is 2.00 bits per heavy atom. The van der Waals surface area contributed by atoms with Crippen LogP contribution < -0.4 is 11.0 Å². The van der Waals surface area contributed by atoms with Gasteiger partial charge in [0, 0.05) is 16.4 Å². The van der Waals surface area contributed by atoms with E-state index >= 15 is 0 Å². The lowest BCUT2D eigenvalue weighted by atomic mass is 10.2. The van der Waals surface area contributed by atoms with E-state index in [2.05, 4.69) is 11.6 Å². The number of aromatic nitrogens is 1. The van der Waals surface area contributed by atoms with E-state index in [-0.39, 0.29) is 0 Å². The molecule has 0 unspecified atom stereocenters. The van der Waals surface area contributed by atoms with Crippen molar-refractivity contribution in [2.24, 2.45) is 0 Å². The number of benzene rings is 1. The zero-order chi connectivity index (χ0) is 12.6. The monoisotopic (exact) mass is 246 g/mol. The first-order valence-corrected chi connectivity index (χ1v) is 7.91. The summed E-state index contributed by atoms with van der Waals surface area (Å²) in [7, 11) is -2.42. The molecule has 0 spiro atoms. The lowest BCUT2D eigenvalue weighted by Gasteiger charge is -2.13. The topological polar surface area (TPSA) is 56.0 Å². The molecule has 3 nitrogen and oxygen atoms in total. The number of hydrogen-bond acceptors (Lipinski definition) is 3. The van der Waals surface area contributed by atoms with Crippen LogP contribution in [0.25, 0.3) is 17.0 Å². The maximum Gasteiger partial charge on any atom is 0.112 e. The molecule has 2 rings (SSSR count). The summed E-state index contributed by atoms with van der Waals surface area (Å²) in [5.74, 6) is 0. The zero-order valence-corrected chi connectivity index (χ0v) is 10.9. The minimum Gasteiger partial charge on any atom is -0.398 e. The quantitative estimate of drug-likeness (QED) is 0.654. The summed E-state index contributed by atoms with van der Waals surface area (Å²) in [5.41, 5.74) is 8.09. The Hall–Kier alpha value is -1.60. The van der Waals surface area contributed by atoms with E-state index in [0.717, 1.165) is 21.9 Å². The van der Waals surface area contributed by atoms with Crippen LogP contribution in [0.3, 0.4) is 0 Å². The molecule has 0 aliphatic carbocycles. The predicted molar refractivity (Wildman–Crippen MR) is 75.3 cm³/mol. The van der Waals surface area contributed by atoms with Crippen LogP contribution in [0, 0.1) is 0 Å². The Bertz CT molecular complexity index is 643. The lowest BCUT2D eigenvalue weighted by molar-refractivity contribution is 0.588. The van der Waals surface area contributed by atoms with Gasteiger partial charge in [0.25, 0.3) is 0 Å². The number of anilines is 1. The zero-order valence-electron chi connectivity index (χ0n) is 9.97. The number of nitrogens with two attached hydrogens (primary N) is 1. The number of fused-ring (bicyclic) bond motifs is 1. The van der Waals surface area contributed by atoms with E-state index < -0.39 is 7.14 Å². The Labute approximate surface area is 101 Å². The fourth-order valence-corrected chi connectivity index (χ4v) is 3.40. The summed E-state index contributed by atoms with van der Waals surface area (Å²) in [4.78, 5) is 4.41. The fraction of sp³-hybridized carbons (Fsp3) is 0.154. The first-order valence-electron chi connectivity index (χ1n) is 5.30. The molecule has 0 radical (unpaired) electrons. The molecule has 1 aromatic heterocycles. The number of nitrogen functional groups attached to an aromatic ring is 1. The van der Waals surface area contributed by atoms with Crippen LogP contribution in [0.15, 0.2) is 30.8 Å². The van der Waals surface area contributed by atoms with E-state index in [0.29, 0.717) is 5.69 Å². The van der Waals surface area contributed by atoms with Gasteiger partial charge < -0.3 is 10.3 Å². The minimum atomic E-state index is -2.42. The van der Waals surface area contributed by atoms with Crippen molar-refractivity contribution in [2.45, 2.75) is 0 Å². The van der Waals surface area contributed by atoms with Crippen molar-refractivity contribution >= 4 is 35.1 Å². The lowest BCUT2D eigenvalue weighted by Crippen LogP contribution is -2.11. The predicted octanol–water partition coefficient (Wildman–Crippen LogP) is 2.71. The van der Waals surface area contributed by atoms with Crippen LogP contribution in [0.1, 0.15) is 5.69 Å². The molecule has 88 valence electrons. The van der Waals surface area contributed by atoms with E-state index in [1.165, 1.54) is 0 Å². The van der Waals surface area contributed by atoms with Gasteiger partial charge in [-0.25, -0.2) is 4.98 Å². The van der Waals surface area contributed by atoms with Gasteiger partial charge in [-0.1, -0.05) is 6.58 Å². The largest absolute Gasteiger partial charge is 0.398 e. The van der Waals surface area contributed by atoms with E-state index in [1.807, 2.05) is 18.2 Å². The molecule has 0 aliphatic heterocycles. The van der Waals surface area contributed by atoms with E-state index in [9.17, 15) is 4.57 Å². The van der Waals surface area contributed by atoms with Crippen molar-refractivity contribution in [3.8, 4) is 0 Å². The highest BCUT2D eigenvalue weighted by atomic mass is 31.2. The Kier molecular flexibility index (Phi) is 2.80. The number of nitrogens with zero attached hydrogens (tertiary/aromatic N) is 1. The second-order valence-electron chi connectivity index (χ2n) is 4.36. The first kappa shape index (κ1) is 11.9. The van der Waals surface area contributed by atoms with Gasteiger partial charge in [-0.15, -0.1) is 0 Å². The van der Waals surface area contributed by atoms with Crippen molar-refractivity contribution in [2.75, 3.05) is 19.1 Å². The Morgan fingerprint density at radius 3 is 2.59 bits per heavy atom. The Balaban J connectivity index is 2.87. The first-order chi connectivity index (χ1) is 7.93. The van der Waals surface area contributed by atoms with Gasteiger partial charge in [-0.3, -0.25) is 0 Å². The van der Waals surface area contributed by atoms with Crippen LogP contribution in [-0.2, 0) is 4.57 Å². The SMILES string of the molecule is C=Cc1ccc2c(P(C)(C)=O)c(N)ccc2n1. The molecule has 0 saturated heterocycles. The normalized spacial score (nSPS) is 11.6. The summed E-state index contributed by atoms with van der Waals surface area (Å²) >= 11 is 0. The molecule has 17 heavy (non-hydrogen) atoms. The molecule has 0 fully saturated rings. The molecule has 2 N–H and O–H groups in total. The number of pyridine rings is 1. The van der Waals surface area contributed by atoms with E-state index in [1.54, 1.807) is 25.5 Å². The second-order valence-corrected chi connectivity index (χ2v) is 7.51. The summed E-state index contributed by atoms with van der Waals surface area (Å²) in [5, 5.41) is 1.59.